The van der Waals surface area contributed by atoms with Gasteiger partial charge in [-0.05, 0) is 56.0 Å². The molecule has 2 aromatic carbocycles. The zero-order chi connectivity index (χ0) is 19.3. The quantitative estimate of drug-likeness (QED) is 0.632. The van der Waals surface area contributed by atoms with Gasteiger partial charge in [-0.2, -0.15) is 0 Å². The third-order valence-electron chi connectivity index (χ3n) is 5.90. The molecule has 0 radical (unpaired) electrons. The molecule has 28 heavy (non-hydrogen) atoms. The van der Waals surface area contributed by atoms with Crippen LogP contribution in [0, 0.1) is 0 Å². The van der Waals surface area contributed by atoms with Crippen molar-refractivity contribution < 1.29 is 9.53 Å². The number of esters is 1. The van der Waals surface area contributed by atoms with Crippen LogP contribution in [0.15, 0.2) is 59.1 Å². The molecule has 0 saturated carbocycles. The summed E-state index contributed by atoms with van der Waals surface area (Å²) in [4.78, 5) is 17.6. The van der Waals surface area contributed by atoms with E-state index in [4.69, 9.17) is 4.74 Å². The lowest BCUT2D eigenvalue weighted by atomic mass is 10.0. The first-order valence-electron chi connectivity index (χ1n) is 10.2. The van der Waals surface area contributed by atoms with Crippen LogP contribution in [0.2, 0.25) is 0 Å². The molecule has 0 unspecified atom stereocenters. The molecular weight excluding hydrogens is 416 g/mol. The van der Waals surface area contributed by atoms with Crippen LogP contribution in [-0.4, -0.2) is 42.6 Å². The summed E-state index contributed by atoms with van der Waals surface area (Å²) in [5, 5.41) is 0. The topological polar surface area (TPSA) is 32.8 Å². The van der Waals surface area contributed by atoms with Gasteiger partial charge >= 0.3 is 5.97 Å². The molecule has 0 bridgehead atoms. The molecule has 4 rings (SSSR count). The van der Waals surface area contributed by atoms with Crippen molar-refractivity contribution in [1.82, 2.24) is 4.90 Å². The lowest BCUT2D eigenvalue weighted by Crippen LogP contribution is -2.49. The Labute approximate surface area is 175 Å². The zero-order valence-corrected chi connectivity index (χ0v) is 17.7. The summed E-state index contributed by atoms with van der Waals surface area (Å²) < 4.78 is 6.76. The van der Waals surface area contributed by atoms with Gasteiger partial charge in [0.05, 0.1) is 0 Å². The highest BCUT2D eigenvalue weighted by Crippen LogP contribution is 2.29. The number of halogens is 1. The van der Waals surface area contributed by atoms with Crippen LogP contribution in [0.5, 0.6) is 0 Å². The Hall–Kier alpha value is -1.85. The van der Waals surface area contributed by atoms with E-state index < -0.39 is 0 Å². The molecule has 5 heteroatoms. The monoisotopic (exact) mass is 442 g/mol. The van der Waals surface area contributed by atoms with E-state index in [1.165, 1.54) is 5.69 Å². The van der Waals surface area contributed by atoms with Gasteiger partial charge in [0.25, 0.3) is 0 Å². The second-order valence-electron chi connectivity index (χ2n) is 7.69. The van der Waals surface area contributed by atoms with Crippen LogP contribution in [-0.2, 0) is 16.1 Å². The first-order valence-corrected chi connectivity index (χ1v) is 11.0. The van der Waals surface area contributed by atoms with E-state index in [1.807, 2.05) is 30.3 Å². The fourth-order valence-electron chi connectivity index (χ4n) is 4.43. The van der Waals surface area contributed by atoms with Crippen molar-refractivity contribution in [3.63, 3.8) is 0 Å². The van der Waals surface area contributed by atoms with Gasteiger partial charge in [-0.1, -0.05) is 52.3 Å². The lowest BCUT2D eigenvalue weighted by Gasteiger charge is -2.39. The first-order chi connectivity index (χ1) is 13.7. The average molecular weight is 443 g/mol. The maximum atomic E-state index is 12.7. The summed E-state index contributed by atoms with van der Waals surface area (Å²) in [6, 6.07) is 18.8. The van der Waals surface area contributed by atoms with Crippen LogP contribution >= 0.6 is 15.9 Å². The van der Waals surface area contributed by atoms with Crippen molar-refractivity contribution in [2.75, 3.05) is 24.5 Å². The molecule has 2 fully saturated rings. The fraction of sp³-hybridized carbons (Fsp3) is 0.435. The van der Waals surface area contributed by atoms with E-state index in [-0.39, 0.29) is 12.0 Å². The Bertz CT molecular complexity index is 790. The normalized spacial score (nSPS) is 21.0. The van der Waals surface area contributed by atoms with Gasteiger partial charge in [-0.3, -0.25) is 9.69 Å². The first kappa shape index (κ1) is 19.5. The SMILES string of the molecule is O=C(OCc1ccccc1)[C@@H]1CCCN1C1CCN(c2cccc(Br)c2)CC1. The molecule has 0 spiro atoms. The summed E-state index contributed by atoms with van der Waals surface area (Å²) in [5.74, 6) is -0.0595. The second kappa shape index (κ2) is 9.10. The molecule has 0 amide bonds. The number of likely N-dealkylation sites (tertiary alicyclic amines) is 1. The number of carbonyl (C=O) groups is 1. The van der Waals surface area contributed by atoms with Crippen molar-refractivity contribution in [2.45, 2.75) is 44.4 Å². The summed E-state index contributed by atoms with van der Waals surface area (Å²) in [5.41, 5.74) is 2.32. The number of piperidine rings is 1. The predicted molar refractivity (Wildman–Crippen MR) is 115 cm³/mol. The second-order valence-corrected chi connectivity index (χ2v) is 8.60. The summed E-state index contributed by atoms with van der Waals surface area (Å²) in [7, 11) is 0. The Balaban J connectivity index is 1.32. The lowest BCUT2D eigenvalue weighted by molar-refractivity contribution is -0.151. The highest BCUT2D eigenvalue weighted by Gasteiger charge is 2.37. The van der Waals surface area contributed by atoms with E-state index in [1.54, 1.807) is 0 Å². The smallest absolute Gasteiger partial charge is 0.323 e. The number of rotatable bonds is 5. The minimum absolute atomic E-state index is 0.0595. The van der Waals surface area contributed by atoms with Crippen LogP contribution in [0.1, 0.15) is 31.2 Å². The number of anilines is 1. The number of hydrogen-bond acceptors (Lipinski definition) is 4. The van der Waals surface area contributed by atoms with Gasteiger partial charge in [0.1, 0.15) is 12.6 Å². The molecule has 0 aromatic heterocycles. The highest BCUT2D eigenvalue weighted by molar-refractivity contribution is 9.10. The summed E-state index contributed by atoms with van der Waals surface area (Å²) in [6.45, 7) is 3.44. The van der Waals surface area contributed by atoms with Gasteiger partial charge in [0, 0.05) is 29.3 Å². The molecule has 2 heterocycles. The predicted octanol–water partition coefficient (Wildman–Crippen LogP) is 4.63. The minimum Gasteiger partial charge on any atom is -0.460 e. The minimum atomic E-state index is -0.0777. The molecule has 0 N–H and O–H groups in total. The summed E-state index contributed by atoms with van der Waals surface area (Å²) >= 11 is 3.56. The van der Waals surface area contributed by atoms with E-state index in [0.717, 1.165) is 55.4 Å². The van der Waals surface area contributed by atoms with Crippen molar-refractivity contribution in [3.05, 3.63) is 64.6 Å². The third kappa shape index (κ3) is 4.58. The van der Waals surface area contributed by atoms with E-state index in [2.05, 4.69) is 50.0 Å². The van der Waals surface area contributed by atoms with Crippen LogP contribution < -0.4 is 4.90 Å². The highest BCUT2D eigenvalue weighted by atomic mass is 79.9. The van der Waals surface area contributed by atoms with Crippen molar-refractivity contribution in [3.8, 4) is 0 Å². The fourth-order valence-corrected chi connectivity index (χ4v) is 4.82. The molecular formula is C23H27BrN2O2. The van der Waals surface area contributed by atoms with Gasteiger partial charge in [0.15, 0.2) is 0 Å². The van der Waals surface area contributed by atoms with Gasteiger partial charge in [-0.15, -0.1) is 0 Å². The maximum Gasteiger partial charge on any atom is 0.323 e. The van der Waals surface area contributed by atoms with Crippen LogP contribution in [0.3, 0.4) is 0 Å². The van der Waals surface area contributed by atoms with E-state index in [9.17, 15) is 4.79 Å². The van der Waals surface area contributed by atoms with Crippen LogP contribution in [0.4, 0.5) is 5.69 Å². The number of benzene rings is 2. The molecule has 2 aliphatic heterocycles. The van der Waals surface area contributed by atoms with Crippen molar-refractivity contribution in [2.24, 2.45) is 0 Å². The third-order valence-corrected chi connectivity index (χ3v) is 6.39. The van der Waals surface area contributed by atoms with Gasteiger partial charge < -0.3 is 9.64 Å². The van der Waals surface area contributed by atoms with Crippen LogP contribution in [0.25, 0.3) is 0 Å². The Morgan fingerprint density at radius 1 is 1.00 bits per heavy atom. The summed E-state index contributed by atoms with van der Waals surface area (Å²) in [6.07, 6.45) is 4.18. The molecule has 4 nitrogen and oxygen atoms in total. The zero-order valence-electron chi connectivity index (χ0n) is 16.1. The van der Waals surface area contributed by atoms with Gasteiger partial charge in [0.2, 0.25) is 0 Å². The molecule has 2 aromatic rings. The molecule has 1 atom stereocenters. The average Bonchev–Trinajstić information content (AvgIpc) is 3.23. The molecule has 148 valence electrons. The standard InChI is InChI=1S/C23H27BrN2O2/c24-19-8-4-9-21(16-19)25-14-11-20(12-15-25)26-13-5-10-22(26)23(27)28-17-18-6-2-1-3-7-18/h1-4,6-9,16,20,22H,5,10-15,17H2/t22-/m0/s1. The van der Waals surface area contributed by atoms with E-state index >= 15 is 0 Å². The maximum absolute atomic E-state index is 12.7. The largest absolute Gasteiger partial charge is 0.460 e. The molecule has 2 aliphatic rings. The van der Waals surface area contributed by atoms with E-state index in [0.29, 0.717) is 12.6 Å². The van der Waals surface area contributed by atoms with Gasteiger partial charge in [-0.25, -0.2) is 0 Å². The molecule has 2 saturated heterocycles. The Kier molecular flexibility index (Phi) is 6.33. The number of hydrogen-bond donors (Lipinski definition) is 0. The number of nitrogens with zero attached hydrogens (tertiary/aromatic N) is 2. The number of carbonyl (C=O) groups excluding carboxylic acids is 1. The number of ether oxygens (including phenoxy) is 1. The van der Waals surface area contributed by atoms with Crippen molar-refractivity contribution in [1.29, 1.82) is 0 Å². The Morgan fingerprint density at radius 2 is 1.79 bits per heavy atom. The van der Waals surface area contributed by atoms with Crippen molar-refractivity contribution >= 4 is 27.6 Å². The Morgan fingerprint density at radius 3 is 2.54 bits per heavy atom. The molecule has 0 aliphatic carbocycles.